The first-order valence-corrected chi connectivity index (χ1v) is 10.4. The van der Waals surface area contributed by atoms with Gasteiger partial charge in [0.1, 0.15) is 29.8 Å². The van der Waals surface area contributed by atoms with Crippen LogP contribution in [0.5, 0.6) is 5.75 Å². The largest absolute Gasteiger partial charge is 0.492 e. The van der Waals surface area contributed by atoms with Crippen LogP contribution in [0.2, 0.25) is 0 Å². The highest BCUT2D eigenvalue weighted by molar-refractivity contribution is 5.82. The Hall–Kier alpha value is -2.62. The molecule has 1 aromatic heterocycles. The molecule has 6 nitrogen and oxygen atoms in total. The van der Waals surface area contributed by atoms with E-state index in [1.807, 2.05) is 24.3 Å². The minimum Gasteiger partial charge on any atom is -0.492 e. The van der Waals surface area contributed by atoms with Crippen LogP contribution in [0.1, 0.15) is 36.6 Å². The van der Waals surface area contributed by atoms with Crippen LogP contribution in [0.4, 0.5) is 5.82 Å². The molecule has 3 heterocycles. The standard InChI is InChI=1S/C23H28N4O2/c1-16-5-4-9-27(14-16)10-12-29-21-7-3-2-6-17(21)22-18(13-24)23(25)26-20-8-11-28-15-19(20)22/h2-3,6-7,16H,4-5,8-12,14-15H2,1H3,(H2,25,26). The Morgan fingerprint density at radius 1 is 1.38 bits per heavy atom. The molecule has 1 unspecified atom stereocenters. The third kappa shape index (κ3) is 4.21. The summed E-state index contributed by atoms with van der Waals surface area (Å²) in [7, 11) is 0. The quantitative estimate of drug-likeness (QED) is 0.840. The van der Waals surface area contributed by atoms with Gasteiger partial charge >= 0.3 is 0 Å². The van der Waals surface area contributed by atoms with Gasteiger partial charge in [-0.15, -0.1) is 0 Å². The molecule has 0 bridgehead atoms. The van der Waals surface area contributed by atoms with Gasteiger partial charge in [0, 0.05) is 36.2 Å². The molecule has 29 heavy (non-hydrogen) atoms. The van der Waals surface area contributed by atoms with Crippen LogP contribution in [-0.2, 0) is 17.8 Å². The summed E-state index contributed by atoms with van der Waals surface area (Å²) in [5.74, 6) is 1.80. The second kappa shape index (κ2) is 8.81. The molecule has 152 valence electrons. The molecule has 2 aliphatic rings. The third-order valence-electron chi connectivity index (χ3n) is 5.82. The highest BCUT2D eigenvalue weighted by atomic mass is 16.5. The van der Waals surface area contributed by atoms with Gasteiger partial charge < -0.3 is 15.2 Å². The fourth-order valence-electron chi connectivity index (χ4n) is 4.38. The van der Waals surface area contributed by atoms with Gasteiger partial charge in [-0.3, -0.25) is 4.90 Å². The van der Waals surface area contributed by atoms with Crippen LogP contribution in [0.3, 0.4) is 0 Å². The van der Waals surface area contributed by atoms with E-state index in [4.69, 9.17) is 15.2 Å². The number of hydrogen-bond acceptors (Lipinski definition) is 6. The van der Waals surface area contributed by atoms with E-state index in [9.17, 15) is 5.26 Å². The summed E-state index contributed by atoms with van der Waals surface area (Å²) in [5, 5.41) is 9.77. The van der Waals surface area contributed by atoms with Gasteiger partial charge in [-0.1, -0.05) is 25.1 Å². The van der Waals surface area contributed by atoms with E-state index in [0.717, 1.165) is 53.7 Å². The Bertz CT molecular complexity index is 922. The first kappa shape index (κ1) is 19.7. The molecule has 0 radical (unpaired) electrons. The maximum absolute atomic E-state index is 9.77. The second-order valence-corrected chi connectivity index (χ2v) is 7.98. The lowest BCUT2D eigenvalue weighted by atomic mass is 9.92. The van der Waals surface area contributed by atoms with Crippen molar-refractivity contribution in [1.29, 1.82) is 5.26 Å². The Morgan fingerprint density at radius 3 is 3.07 bits per heavy atom. The van der Waals surface area contributed by atoms with Gasteiger partial charge in [-0.05, 0) is 31.4 Å². The average Bonchev–Trinajstić information content (AvgIpc) is 2.73. The number of para-hydroxylation sites is 1. The molecule has 0 aliphatic carbocycles. The van der Waals surface area contributed by atoms with Crippen LogP contribution >= 0.6 is 0 Å². The lowest BCUT2D eigenvalue weighted by Crippen LogP contribution is -2.37. The van der Waals surface area contributed by atoms with Crippen LogP contribution in [0.15, 0.2) is 24.3 Å². The number of ether oxygens (including phenoxy) is 2. The highest BCUT2D eigenvalue weighted by Crippen LogP contribution is 2.39. The van der Waals surface area contributed by atoms with Crippen LogP contribution < -0.4 is 10.5 Å². The van der Waals surface area contributed by atoms with Crippen molar-refractivity contribution in [2.24, 2.45) is 5.92 Å². The van der Waals surface area contributed by atoms with E-state index in [1.54, 1.807) is 0 Å². The molecule has 0 spiro atoms. The fourth-order valence-corrected chi connectivity index (χ4v) is 4.38. The van der Waals surface area contributed by atoms with Crippen molar-refractivity contribution in [2.45, 2.75) is 32.8 Å². The van der Waals surface area contributed by atoms with Gasteiger partial charge in [-0.2, -0.15) is 5.26 Å². The lowest BCUT2D eigenvalue weighted by molar-refractivity contribution is 0.109. The molecule has 6 heteroatoms. The number of fused-ring (bicyclic) bond motifs is 1. The van der Waals surface area contributed by atoms with E-state index in [0.29, 0.717) is 31.8 Å². The third-order valence-corrected chi connectivity index (χ3v) is 5.82. The van der Waals surface area contributed by atoms with Gasteiger partial charge in [0.05, 0.1) is 18.9 Å². The number of nitrogen functional groups attached to an aromatic ring is 1. The van der Waals surface area contributed by atoms with Crippen molar-refractivity contribution in [2.75, 3.05) is 38.6 Å². The number of nitrogens with two attached hydrogens (primary N) is 1. The lowest BCUT2D eigenvalue weighted by Gasteiger charge is -2.30. The maximum Gasteiger partial charge on any atom is 0.142 e. The zero-order chi connectivity index (χ0) is 20.2. The Balaban J connectivity index is 1.62. The topological polar surface area (TPSA) is 84.4 Å². The zero-order valence-corrected chi connectivity index (χ0v) is 17.0. The van der Waals surface area contributed by atoms with Crippen LogP contribution in [-0.4, -0.2) is 42.7 Å². The smallest absolute Gasteiger partial charge is 0.142 e. The molecule has 1 fully saturated rings. The molecule has 1 saturated heterocycles. The molecule has 2 aliphatic heterocycles. The number of nitrogens with zero attached hydrogens (tertiary/aromatic N) is 3. The average molecular weight is 393 g/mol. The summed E-state index contributed by atoms with van der Waals surface area (Å²) < 4.78 is 11.9. The van der Waals surface area contributed by atoms with Crippen molar-refractivity contribution >= 4 is 5.82 Å². The number of piperidine rings is 1. The number of likely N-dealkylation sites (tertiary alicyclic amines) is 1. The van der Waals surface area contributed by atoms with Crippen molar-refractivity contribution in [1.82, 2.24) is 9.88 Å². The number of nitriles is 1. The van der Waals surface area contributed by atoms with E-state index >= 15 is 0 Å². The maximum atomic E-state index is 9.77. The van der Waals surface area contributed by atoms with E-state index in [1.165, 1.54) is 12.8 Å². The number of rotatable bonds is 5. The summed E-state index contributed by atoms with van der Waals surface area (Å²) in [5.41, 5.74) is 10.1. The second-order valence-electron chi connectivity index (χ2n) is 7.98. The fraction of sp³-hybridized carbons (Fsp3) is 0.478. The summed E-state index contributed by atoms with van der Waals surface area (Å²) >= 11 is 0. The number of anilines is 1. The zero-order valence-electron chi connectivity index (χ0n) is 17.0. The van der Waals surface area contributed by atoms with Crippen molar-refractivity contribution in [3.05, 3.63) is 41.1 Å². The van der Waals surface area contributed by atoms with Gasteiger partial charge in [-0.25, -0.2) is 4.98 Å². The number of benzene rings is 1. The highest BCUT2D eigenvalue weighted by Gasteiger charge is 2.24. The summed E-state index contributed by atoms with van der Waals surface area (Å²) in [4.78, 5) is 6.93. The van der Waals surface area contributed by atoms with Gasteiger partial charge in [0.15, 0.2) is 0 Å². The van der Waals surface area contributed by atoms with Gasteiger partial charge in [0.2, 0.25) is 0 Å². The van der Waals surface area contributed by atoms with Crippen LogP contribution in [0, 0.1) is 17.2 Å². The Morgan fingerprint density at radius 2 is 2.24 bits per heavy atom. The number of aromatic nitrogens is 1. The summed E-state index contributed by atoms with van der Waals surface area (Å²) in [6.07, 6.45) is 3.27. The summed E-state index contributed by atoms with van der Waals surface area (Å²) in [6.45, 7) is 7.16. The van der Waals surface area contributed by atoms with Crippen molar-refractivity contribution in [3.63, 3.8) is 0 Å². The first-order valence-electron chi connectivity index (χ1n) is 10.4. The SMILES string of the molecule is CC1CCCN(CCOc2ccccc2-c2c(C#N)c(N)nc3c2COCC3)C1. The van der Waals surface area contributed by atoms with Crippen molar-refractivity contribution in [3.8, 4) is 22.9 Å². The van der Waals surface area contributed by atoms with Crippen molar-refractivity contribution < 1.29 is 9.47 Å². The monoisotopic (exact) mass is 392 g/mol. The first-order chi connectivity index (χ1) is 14.2. The Kier molecular flexibility index (Phi) is 5.98. The normalized spacial score (nSPS) is 19.4. The minimum atomic E-state index is 0.278. The predicted molar refractivity (Wildman–Crippen MR) is 112 cm³/mol. The number of pyridine rings is 1. The number of hydrogen-bond donors (Lipinski definition) is 1. The molecule has 0 saturated carbocycles. The molecule has 2 N–H and O–H groups in total. The molecular formula is C23H28N4O2. The summed E-state index contributed by atoms with van der Waals surface area (Å²) in [6, 6.07) is 10.1. The van der Waals surface area contributed by atoms with E-state index < -0.39 is 0 Å². The predicted octanol–water partition coefficient (Wildman–Crippen LogP) is 3.39. The van der Waals surface area contributed by atoms with E-state index in [-0.39, 0.29) is 5.82 Å². The minimum absolute atomic E-state index is 0.278. The van der Waals surface area contributed by atoms with E-state index in [2.05, 4.69) is 22.9 Å². The molecule has 2 aromatic rings. The van der Waals surface area contributed by atoms with Crippen LogP contribution in [0.25, 0.3) is 11.1 Å². The molecule has 1 atom stereocenters. The molecule has 1 aromatic carbocycles. The Labute approximate surface area is 172 Å². The molecule has 4 rings (SSSR count). The molecule has 0 amide bonds. The van der Waals surface area contributed by atoms with Gasteiger partial charge in [0.25, 0.3) is 0 Å². The molecular weight excluding hydrogens is 364 g/mol.